The van der Waals surface area contributed by atoms with Crippen LogP contribution in [0.4, 0.5) is 0 Å². The number of amides is 1. The number of benzene rings is 1. The first kappa shape index (κ1) is 18.3. The van der Waals surface area contributed by atoms with E-state index in [1.54, 1.807) is 17.5 Å². The Hall–Kier alpha value is -3.03. The molecule has 3 heterocycles. The zero-order valence-corrected chi connectivity index (χ0v) is 16.6. The van der Waals surface area contributed by atoms with Crippen molar-refractivity contribution in [3.05, 3.63) is 65.9 Å². The number of nitrogens with zero attached hydrogens (tertiary/aromatic N) is 4. The Kier molecular flexibility index (Phi) is 5.18. The maximum absolute atomic E-state index is 12.2. The molecule has 1 aromatic carbocycles. The lowest BCUT2D eigenvalue weighted by Crippen LogP contribution is -2.31. The highest BCUT2D eigenvalue weighted by molar-refractivity contribution is 7.13. The molecule has 0 radical (unpaired) electrons. The first-order chi connectivity index (χ1) is 13.6. The minimum atomic E-state index is -0.0635. The van der Waals surface area contributed by atoms with Crippen LogP contribution in [0, 0.1) is 0 Å². The predicted octanol–water partition coefficient (Wildman–Crippen LogP) is 3.42. The molecule has 1 N–H and O–H groups in total. The summed E-state index contributed by atoms with van der Waals surface area (Å²) in [4.78, 5) is 24.4. The summed E-state index contributed by atoms with van der Waals surface area (Å²) in [5, 5.41) is 4.98. The van der Waals surface area contributed by atoms with E-state index in [9.17, 15) is 4.79 Å². The number of thiophene rings is 1. The molecule has 0 aliphatic heterocycles. The fourth-order valence-corrected chi connectivity index (χ4v) is 3.67. The van der Waals surface area contributed by atoms with E-state index in [2.05, 4.69) is 31.1 Å². The molecule has 0 saturated heterocycles. The van der Waals surface area contributed by atoms with Crippen LogP contribution in [-0.2, 0) is 0 Å². The average molecular weight is 392 g/mol. The molecule has 0 aliphatic rings. The second kappa shape index (κ2) is 7.92. The summed E-state index contributed by atoms with van der Waals surface area (Å²) >= 11 is 1.68. The van der Waals surface area contributed by atoms with Crippen molar-refractivity contribution in [3.8, 4) is 21.8 Å². The number of imidazole rings is 1. The molecule has 0 aliphatic carbocycles. The van der Waals surface area contributed by atoms with Crippen molar-refractivity contribution < 1.29 is 4.79 Å². The molecule has 7 heteroatoms. The number of fused-ring (bicyclic) bond motifs is 1. The van der Waals surface area contributed by atoms with Gasteiger partial charge >= 0.3 is 0 Å². The molecule has 0 fully saturated rings. The van der Waals surface area contributed by atoms with Crippen LogP contribution in [0.2, 0.25) is 0 Å². The minimum absolute atomic E-state index is 0.0635. The Balaban J connectivity index is 1.56. The maximum atomic E-state index is 12.2. The molecular weight excluding hydrogens is 370 g/mol. The van der Waals surface area contributed by atoms with Crippen LogP contribution in [0.5, 0.6) is 0 Å². The van der Waals surface area contributed by atoms with Crippen LogP contribution in [0.25, 0.3) is 27.5 Å². The lowest BCUT2D eigenvalue weighted by atomic mass is 10.1. The van der Waals surface area contributed by atoms with Gasteiger partial charge in [0.25, 0.3) is 5.91 Å². The van der Waals surface area contributed by atoms with Crippen LogP contribution in [0.3, 0.4) is 0 Å². The molecule has 4 rings (SSSR count). The summed E-state index contributed by atoms with van der Waals surface area (Å²) in [7, 11) is 3.96. The number of aromatic nitrogens is 3. The largest absolute Gasteiger partial charge is 0.351 e. The van der Waals surface area contributed by atoms with E-state index < -0.39 is 0 Å². The maximum Gasteiger partial charge on any atom is 0.251 e. The molecule has 142 valence electrons. The Bertz CT molecular complexity index is 1080. The van der Waals surface area contributed by atoms with E-state index in [0.29, 0.717) is 12.1 Å². The van der Waals surface area contributed by atoms with Gasteiger partial charge in [-0.05, 0) is 37.7 Å². The third kappa shape index (κ3) is 3.81. The summed E-state index contributed by atoms with van der Waals surface area (Å²) in [6.07, 6.45) is 5.63. The molecule has 1 amide bonds. The highest BCUT2D eigenvalue weighted by Gasteiger charge is 2.10. The van der Waals surface area contributed by atoms with E-state index in [4.69, 9.17) is 0 Å². The van der Waals surface area contributed by atoms with E-state index in [1.807, 2.05) is 61.7 Å². The number of rotatable bonds is 6. The van der Waals surface area contributed by atoms with Crippen LogP contribution < -0.4 is 5.32 Å². The van der Waals surface area contributed by atoms with Gasteiger partial charge in [-0.1, -0.05) is 18.2 Å². The Labute approximate surface area is 167 Å². The van der Waals surface area contributed by atoms with E-state index in [0.717, 1.165) is 34.0 Å². The highest BCUT2D eigenvalue weighted by Crippen LogP contribution is 2.27. The SMILES string of the molecule is CN(C)CCNC(=O)c1ccc(-c2cn3c(-c4cccs4)cnc3cn2)cc1. The van der Waals surface area contributed by atoms with Crippen molar-refractivity contribution >= 4 is 22.9 Å². The van der Waals surface area contributed by atoms with Crippen LogP contribution in [0.15, 0.2) is 60.4 Å². The van der Waals surface area contributed by atoms with E-state index in [-0.39, 0.29) is 5.91 Å². The molecule has 0 bridgehead atoms. The van der Waals surface area contributed by atoms with Crippen LogP contribution >= 0.6 is 11.3 Å². The van der Waals surface area contributed by atoms with Gasteiger partial charge in [-0.15, -0.1) is 11.3 Å². The Morgan fingerprint density at radius 3 is 2.68 bits per heavy atom. The van der Waals surface area contributed by atoms with Crippen molar-refractivity contribution in [1.82, 2.24) is 24.6 Å². The van der Waals surface area contributed by atoms with Gasteiger partial charge in [0.05, 0.1) is 28.7 Å². The molecule has 0 spiro atoms. The molecule has 28 heavy (non-hydrogen) atoms. The molecule has 6 nitrogen and oxygen atoms in total. The molecule has 4 aromatic rings. The number of hydrogen-bond donors (Lipinski definition) is 1. The number of nitrogens with one attached hydrogen (secondary N) is 1. The quantitative estimate of drug-likeness (QED) is 0.547. The fourth-order valence-electron chi connectivity index (χ4n) is 2.93. The normalized spacial score (nSPS) is 11.2. The van der Waals surface area contributed by atoms with Gasteiger partial charge in [0, 0.05) is 30.4 Å². The van der Waals surface area contributed by atoms with Crippen molar-refractivity contribution in [1.29, 1.82) is 0 Å². The first-order valence-electron chi connectivity index (χ1n) is 9.02. The van der Waals surface area contributed by atoms with Gasteiger partial charge < -0.3 is 10.2 Å². The van der Waals surface area contributed by atoms with Crippen LogP contribution in [0.1, 0.15) is 10.4 Å². The summed E-state index contributed by atoms with van der Waals surface area (Å²) < 4.78 is 2.05. The summed E-state index contributed by atoms with van der Waals surface area (Å²) in [6.45, 7) is 1.43. The summed E-state index contributed by atoms with van der Waals surface area (Å²) in [5.41, 5.74) is 4.29. The number of hydrogen-bond acceptors (Lipinski definition) is 5. The van der Waals surface area contributed by atoms with Crippen molar-refractivity contribution in [3.63, 3.8) is 0 Å². The second-order valence-corrected chi connectivity index (χ2v) is 7.71. The fraction of sp³-hybridized carbons (Fsp3) is 0.190. The average Bonchev–Trinajstić information content (AvgIpc) is 3.36. The molecule has 0 atom stereocenters. The van der Waals surface area contributed by atoms with Gasteiger partial charge in [-0.25, -0.2) is 4.98 Å². The van der Waals surface area contributed by atoms with Crippen LogP contribution in [-0.4, -0.2) is 52.4 Å². The van der Waals surface area contributed by atoms with Gasteiger partial charge in [-0.3, -0.25) is 14.2 Å². The van der Waals surface area contributed by atoms with Gasteiger partial charge in [0.1, 0.15) is 0 Å². The van der Waals surface area contributed by atoms with E-state index in [1.165, 1.54) is 0 Å². The first-order valence-corrected chi connectivity index (χ1v) is 9.90. The Morgan fingerprint density at radius 1 is 1.14 bits per heavy atom. The van der Waals surface area contributed by atoms with Gasteiger partial charge in [0.15, 0.2) is 5.65 Å². The second-order valence-electron chi connectivity index (χ2n) is 6.76. The van der Waals surface area contributed by atoms with Crippen molar-refractivity contribution in [2.24, 2.45) is 0 Å². The molecule has 3 aromatic heterocycles. The van der Waals surface area contributed by atoms with Gasteiger partial charge in [-0.2, -0.15) is 0 Å². The third-order valence-corrected chi connectivity index (χ3v) is 5.35. The van der Waals surface area contributed by atoms with Crippen molar-refractivity contribution in [2.75, 3.05) is 27.2 Å². The number of carbonyl (C=O) groups excluding carboxylic acids is 1. The van der Waals surface area contributed by atoms with Gasteiger partial charge in [0.2, 0.25) is 0 Å². The zero-order chi connectivity index (χ0) is 19.5. The monoisotopic (exact) mass is 391 g/mol. The Morgan fingerprint density at radius 2 is 1.96 bits per heavy atom. The standard InChI is InChI=1S/C21H21N5OS/c1-25(2)10-9-22-21(27)16-7-5-15(6-8-16)17-14-26-18(19-4-3-11-28-19)12-24-20(26)13-23-17/h3-8,11-14H,9-10H2,1-2H3,(H,22,27). The summed E-state index contributed by atoms with van der Waals surface area (Å²) in [6, 6.07) is 11.6. The smallest absolute Gasteiger partial charge is 0.251 e. The van der Waals surface area contributed by atoms with Crippen molar-refractivity contribution in [2.45, 2.75) is 0 Å². The predicted molar refractivity (Wildman–Crippen MR) is 113 cm³/mol. The molecule has 0 saturated carbocycles. The summed E-state index contributed by atoms with van der Waals surface area (Å²) in [5.74, 6) is -0.0635. The number of likely N-dealkylation sites (N-methyl/N-ethyl adjacent to an activating group) is 1. The van der Waals surface area contributed by atoms with E-state index >= 15 is 0 Å². The zero-order valence-electron chi connectivity index (χ0n) is 15.8. The number of carbonyl (C=O) groups is 1. The molecular formula is C21H21N5OS. The third-order valence-electron chi connectivity index (χ3n) is 4.46. The molecule has 0 unspecified atom stereocenters. The topological polar surface area (TPSA) is 62.5 Å². The lowest BCUT2D eigenvalue weighted by molar-refractivity contribution is 0.0951. The highest BCUT2D eigenvalue weighted by atomic mass is 32.1. The minimum Gasteiger partial charge on any atom is -0.351 e. The lowest BCUT2D eigenvalue weighted by Gasteiger charge is -2.10.